The molecule has 0 aromatic heterocycles. The molecule has 0 bridgehead atoms. The number of rotatable bonds is 3. The second-order valence-corrected chi connectivity index (χ2v) is 3.81. The van der Waals surface area contributed by atoms with E-state index in [9.17, 15) is 9.90 Å². The number of benzene rings is 2. The minimum atomic E-state index is -0.976. The first-order chi connectivity index (χ1) is 8.66. The molecular formula is C15H12O3. The Kier molecular flexibility index (Phi) is 3.44. The van der Waals surface area contributed by atoms with Crippen molar-refractivity contribution in [2.45, 2.75) is 0 Å². The van der Waals surface area contributed by atoms with E-state index >= 15 is 0 Å². The van der Waals surface area contributed by atoms with Gasteiger partial charge in [-0.15, -0.1) is 0 Å². The lowest BCUT2D eigenvalue weighted by Crippen LogP contribution is -1.87. The number of aromatic hydroxyl groups is 1. The molecule has 0 spiro atoms. The molecule has 2 aromatic rings. The summed E-state index contributed by atoms with van der Waals surface area (Å²) in [5.74, 6) is -0.771. The van der Waals surface area contributed by atoms with Gasteiger partial charge in [0.25, 0.3) is 0 Å². The van der Waals surface area contributed by atoms with Crippen LogP contribution in [-0.2, 0) is 4.79 Å². The number of carboxylic acid groups (broad SMARTS) is 1. The van der Waals surface area contributed by atoms with Crippen LogP contribution in [0.25, 0.3) is 17.2 Å². The average Bonchev–Trinajstić information content (AvgIpc) is 2.38. The van der Waals surface area contributed by atoms with E-state index in [2.05, 4.69) is 0 Å². The summed E-state index contributed by atoms with van der Waals surface area (Å²) in [5.41, 5.74) is 2.68. The van der Waals surface area contributed by atoms with Crippen LogP contribution in [0.5, 0.6) is 5.75 Å². The van der Waals surface area contributed by atoms with Gasteiger partial charge in [0.2, 0.25) is 0 Å². The number of carbonyl (C=O) groups is 1. The second kappa shape index (κ2) is 5.19. The fourth-order valence-corrected chi connectivity index (χ4v) is 1.71. The van der Waals surface area contributed by atoms with E-state index in [1.54, 1.807) is 30.3 Å². The largest absolute Gasteiger partial charge is 0.508 e. The van der Waals surface area contributed by atoms with Crippen LogP contribution >= 0.6 is 0 Å². The highest BCUT2D eigenvalue weighted by Crippen LogP contribution is 2.26. The number of hydrogen-bond acceptors (Lipinski definition) is 2. The quantitative estimate of drug-likeness (QED) is 0.810. The van der Waals surface area contributed by atoms with Crippen LogP contribution in [0.3, 0.4) is 0 Å². The van der Waals surface area contributed by atoms with Crippen molar-refractivity contribution in [1.82, 2.24) is 0 Å². The van der Waals surface area contributed by atoms with Gasteiger partial charge in [0.1, 0.15) is 5.75 Å². The summed E-state index contributed by atoms with van der Waals surface area (Å²) < 4.78 is 0. The van der Waals surface area contributed by atoms with Crippen molar-refractivity contribution in [2.75, 3.05) is 0 Å². The summed E-state index contributed by atoms with van der Waals surface area (Å²) in [5, 5.41) is 17.9. The van der Waals surface area contributed by atoms with Gasteiger partial charge in [-0.05, 0) is 34.9 Å². The van der Waals surface area contributed by atoms with Crippen LogP contribution in [0.15, 0.2) is 54.6 Å². The first-order valence-corrected chi connectivity index (χ1v) is 5.46. The van der Waals surface area contributed by atoms with Gasteiger partial charge in [-0.2, -0.15) is 0 Å². The Morgan fingerprint density at radius 2 is 1.67 bits per heavy atom. The monoisotopic (exact) mass is 240 g/mol. The summed E-state index contributed by atoms with van der Waals surface area (Å²) in [6, 6.07) is 14.3. The molecule has 0 atom stereocenters. The van der Waals surface area contributed by atoms with Gasteiger partial charge in [-0.3, -0.25) is 0 Å². The maximum absolute atomic E-state index is 10.5. The highest BCUT2D eigenvalue weighted by atomic mass is 16.4. The zero-order valence-electron chi connectivity index (χ0n) is 9.58. The Bertz CT molecular complexity index is 583. The second-order valence-electron chi connectivity index (χ2n) is 3.81. The van der Waals surface area contributed by atoms with Gasteiger partial charge in [0.05, 0.1) is 0 Å². The van der Waals surface area contributed by atoms with E-state index in [0.717, 1.165) is 22.8 Å². The molecule has 0 heterocycles. The van der Waals surface area contributed by atoms with Gasteiger partial charge in [0, 0.05) is 6.08 Å². The Hall–Kier alpha value is -2.55. The normalized spacial score (nSPS) is 10.7. The van der Waals surface area contributed by atoms with Crippen molar-refractivity contribution < 1.29 is 15.0 Å². The molecule has 2 aromatic carbocycles. The third-order valence-corrected chi connectivity index (χ3v) is 2.54. The summed E-state index contributed by atoms with van der Waals surface area (Å²) >= 11 is 0. The van der Waals surface area contributed by atoms with Gasteiger partial charge in [0.15, 0.2) is 0 Å². The lowest BCUT2D eigenvalue weighted by Gasteiger charge is -2.06. The lowest BCUT2D eigenvalue weighted by atomic mass is 9.99. The minimum Gasteiger partial charge on any atom is -0.508 e. The molecule has 0 aliphatic carbocycles. The number of hydrogen-bond donors (Lipinski definition) is 2. The average molecular weight is 240 g/mol. The Morgan fingerprint density at radius 1 is 1.00 bits per heavy atom. The molecule has 18 heavy (non-hydrogen) atoms. The van der Waals surface area contributed by atoms with Crippen LogP contribution in [0.4, 0.5) is 0 Å². The predicted octanol–water partition coefficient (Wildman–Crippen LogP) is 3.16. The predicted molar refractivity (Wildman–Crippen MR) is 70.2 cm³/mol. The van der Waals surface area contributed by atoms with Crippen LogP contribution in [0, 0.1) is 0 Å². The molecule has 3 nitrogen and oxygen atoms in total. The van der Waals surface area contributed by atoms with Crippen molar-refractivity contribution in [2.24, 2.45) is 0 Å². The standard InChI is InChI=1S/C15H12O3/c16-13-8-5-12(6-9-13)14-4-2-1-3-11(14)7-10-15(17)18/h1-10,16H,(H,17,18)/b10-7+. The minimum absolute atomic E-state index is 0.206. The van der Waals surface area contributed by atoms with Crippen molar-refractivity contribution in [3.8, 4) is 16.9 Å². The molecule has 0 amide bonds. The van der Waals surface area contributed by atoms with Crippen LogP contribution < -0.4 is 0 Å². The molecule has 0 saturated heterocycles. The van der Waals surface area contributed by atoms with Crippen molar-refractivity contribution in [3.63, 3.8) is 0 Å². The SMILES string of the molecule is O=C(O)/C=C/c1ccccc1-c1ccc(O)cc1. The van der Waals surface area contributed by atoms with E-state index < -0.39 is 5.97 Å². The molecule has 0 radical (unpaired) electrons. The molecule has 3 heteroatoms. The van der Waals surface area contributed by atoms with Gasteiger partial charge in [-0.25, -0.2) is 4.79 Å². The molecule has 0 aliphatic rings. The van der Waals surface area contributed by atoms with Crippen LogP contribution in [0.1, 0.15) is 5.56 Å². The molecule has 0 saturated carbocycles. The maximum Gasteiger partial charge on any atom is 0.328 e. The first-order valence-electron chi connectivity index (χ1n) is 5.46. The Balaban J connectivity index is 2.44. The Morgan fingerprint density at radius 3 is 2.33 bits per heavy atom. The topological polar surface area (TPSA) is 57.5 Å². The summed E-state index contributed by atoms with van der Waals surface area (Å²) in [7, 11) is 0. The van der Waals surface area contributed by atoms with E-state index in [-0.39, 0.29) is 5.75 Å². The number of phenolic OH excluding ortho intramolecular Hbond substituents is 1. The molecule has 0 aliphatic heterocycles. The molecule has 90 valence electrons. The summed E-state index contributed by atoms with van der Waals surface area (Å²) in [6.45, 7) is 0. The molecule has 2 N–H and O–H groups in total. The summed E-state index contributed by atoms with van der Waals surface area (Å²) in [6.07, 6.45) is 2.67. The number of aliphatic carboxylic acids is 1. The third kappa shape index (κ3) is 2.77. The molecule has 0 unspecified atom stereocenters. The van der Waals surface area contributed by atoms with Crippen molar-refractivity contribution in [3.05, 3.63) is 60.2 Å². The van der Waals surface area contributed by atoms with Gasteiger partial charge >= 0.3 is 5.97 Å². The van der Waals surface area contributed by atoms with E-state index in [4.69, 9.17) is 5.11 Å². The van der Waals surface area contributed by atoms with Crippen LogP contribution in [0.2, 0.25) is 0 Å². The zero-order chi connectivity index (χ0) is 13.0. The van der Waals surface area contributed by atoms with Crippen LogP contribution in [-0.4, -0.2) is 16.2 Å². The van der Waals surface area contributed by atoms with E-state index in [0.29, 0.717) is 0 Å². The third-order valence-electron chi connectivity index (χ3n) is 2.54. The van der Waals surface area contributed by atoms with Crippen molar-refractivity contribution in [1.29, 1.82) is 0 Å². The number of phenols is 1. The zero-order valence-corrected chi connectivity index (χ0v) is 9.58. The first kappa shape index (κ1) is 11.9. The fourth-order valence-electron chi connectivity index (χ4n) is 1.71. The molecule has 0 fully saturated rings. The molecular weight excluding hydrogens is 228 g/mol. The lowest BCUT2D eigenvalue weighted by molar-refractivity contribution is -0.131. The highest BCUT2D eigenvalue weighted by molar-refractivity contribution is 5.87. The highest BCUT2D eigenvalue weighted by Gasteiger charge is 2.02. The smallest absolute Gasteiger partial charge is 0.328 e. The van der Waals surface area contributed by atoms with E-state index in [1.165, 1.54) is 0 Å². The van der Waals surface area contributed by atoms with E-state index in [1.807, 2.05) is 24.3 Å². The maximum atomic E-state index is 10.5. The fraction of sp³-hybridized carbons (Fsp3) is 0. The number of carboxylic acids is 1. The summed E-state index contributed by atoms with van der Waals surface area (Å²) in [4.78, 5) is 10.5. The Labute approximate surface area is 105 Å². The molecule has 2 rings (SSSR count). The van der Waals surface area contributed by atoms with Crippen molar-refractivity contribution >= 4 is 12.0 Å². The van der Waals surface area contributed by atoms with Gasteiger partial charge < -0.3 is 10.2 Å². The van der Waals surface area contributed by atoms with Gasteiger partial charge in [-0.1, -0.05) is 36.4 Å².